The smallest absolute Gasteiger partial charge is 0.410 e. The Balaban J connectivity index is 2.07. The molecule has 1 unspecified atom stereocenters. The fourth-order valence-corrected chi connectivity index (χ4v) is 2.14. The highest BCUT2D eigenvalue weighted by atomic mass is 16.6. The molecule has 1 fully saturated rings. The van der Waals surface area contributed by atoms with Gasteiger partial charge in [0, 0.05) is 19.0 Å². The number of hydrogen-bond donors (Lipinski definition) is 1. The molecule has 0 saturated carbocycles. The summed E-state index contributed by atoms with van der Waals surface area (Å²) in [4.78, 5) is 13.5. The summed E-state index contributed by atoms with van der Waals surface area (Å²) in [6.45, 7) is 1.71. The number of hydrogen-bond acceptors (Lipinski definition) is 3. The van der Waals surface area contributed by atoms with E-state index in [1.54, 1.807) is 4.90 Å². The van der Waals surface area contributed by atoms with Crippen molar-refractivity contribution in [3.05, 3.63) is 35.9 Å². The normalized spacial score (nSPS) is 20.2. The first-order chi connectivity index (χ1) is 8.31. The van der Waals surface area contributed by atoms with Gasteiger partial charge < -0.3 is 15.4 Å². The fraction of sp³-hybridized carbons (Fsp3) is 0.462. The number of benzene rings is 1. The number of nitrogens with zero attached hydrogens (tertiary/aromatic N) is 1. The molecule has 0 spiro atoms. The number of cyclic esters (lactones) is 1. The quantitative estimate of drug-likeness (QED) is 0.863. The molecule has 1 aromatic carbocycles. The molecular formula is C13H18N2O2. The second-order valence-electron chi connectivity index (χ2n) is 4.25. The van der Waals surface area contributed by atoms with Gasteiger partial charge in [0.25, 0.3) is 0 Å². The lowest BCUT2D eigenvalue weighted by atomic mass is 10.1. The average molecular weight is 234 g/mol. The third-order valence-electron chi connectivity index (χ3n) is 3.05. The maximum absolute atomic E-state index is 11.7. The first-order valence-electron chi connectivity index (χ1n) is 5.98. The summed E-state index contributed by atoms with van der Waals surface area (Å²) in [5, 5.41) is 0. The summed E-state index contributed by atoms with van der Waals surface area (Å²) < 4.78 is 5.09. The van der Waals surface area contributed by atoms with Crippen molar-refractivity contribution >= 4 is 6.09 Å². The van der Waals surface area contributed by atoms with Crippen molar-refractivity contribution in [2.75, 3.05) is 13.2 Å². The second-order valence-corrected chi connectivity index (χ2v) is 4.25. The second kappa shape index (κ2) is 5.68. The molecule has 1 aromatic rings. The Bertz CT molecular complexity index is 365. The van der Waals surface area contributed by atoms with Gasteiger partial charge in [-0.25, -0.2) is 4.79 Å². The molecule has 1 saturated heterocycles. The average Bonchev–Trinajstić information content (AvgIpc) is 2.35. The number of rotatable bonds is 4. The van der Waals surface area contributed by atoms with E-state index < -0.39 is 0 Å². The van der Waals surface area contributed by atoms with E-state index in [1.807, 2.05) is 30.3 Å². The Morgan fingerprint density at radius 2 is 2.12 bits per heavy atom. The van der Waals surface area contributed by atoms with E-state index in [1.165, 1.54) is 0 Å². The van der Waals surface area contributed by atoms with Crippen molar-refractivity contribution in [1.82, 2.24) is 4.90 Å². The van der Waals surface area contributed by atoms with Gasteiger partial charge in [-0.15, -0.1) is 0 Å². The van der Waals surface area contributed by atoms with E-state index in [0.29, 0.717) is 19.7 Å². The summed E-state index contributed by atoms with van der Waals surface area (Å²) in [7, 11) is 0. The number of carbonyl (C=O) groups is 1. The Hall–Kier alpha value is -1.55. The van der Waals surface area contributed by atoms with E-state index >= 15 is 0 Å². The maximum Gasteiger partial charge on any atom is 0.410 e. The standard InChI is InChI=1S/C13H18N2O2/c14-8-6-12-7-9-17-13(16)15(12)10-11-4-2-1-3-5-11/h1-5,12H,6-10,14H2. The van der Waals surface area contributed by atoms with E-state index in [2.05, 4.69) is 0 Å². The molecule has 4 nitrogen and oxygen atoms in total. The molecule has 1 aliphatic heterocycles. The summed E-state index contributed by atoms with van der Waals surface area (Å²) >= 11 is 0. The van der Waals surface area contributed by atoms with E-state index in [9.17, 15) is 4.79 Å². The van der Waals surface area contributed by atoms with E-state index in [0.717, 1.165) is 18.4 Å². The summed E-state index contributed by atoms with van der Waals surface area (Å²) in [6, 6.07) is 10.2. The molecule has 2 rings (SSSR count). The SMILES string of the molecule is NCCC1CCOC(=O)N1Cc1ccccc1. The zero-order valence-electron chi connectivity index (χ0n) is 9.84. The predicted octanol–water partition coefficient (Wildman–Crippen LogP) is 1.75. The molecule has 92 valence electrons. The largest absolute Gasteiger partial charge is 0.449 e. The van der Waals surface area contributed by atoms with Crippen molar-refractivity contribution in [2.45, 2.75) is 25.4 Å². The van der Waals surface area contributed by atoms with E-state index in [-0.39, 0.29) is 12.1 Å². The highest BCUT2D eigenvalue weighted by Gasteiger charge is 2.28. The number of carbonyl (C=O) groups excluding carboxylic acids is 1. The van der Waals surface area contributed by atoms with Crippen molar-refractivity contribution < 1.29 is 9.53 Å². The van der Waals surface area contributed by atoms with Gasteiger partial charge in [-0.2, -0.15) is 0 Å². The van der Waals surface area contributed by atoms with Crippen LogP contribution in [0.1, 0.15) is 18.4 Å². The maximum atomic E-state index is 11.7. The first-order valence-corrected chi connectivity index (χ1v) is 5.98. The predicted molar refractivity (Wildman–Crippen MR) is 65.4 cm³/mol. The minimum absolute atomic E-state index is 0.210. The Labute approximate surface area is 101 Å². The van der Waals surface area contributed by atoms with Crippen LogP contribution < -0.4 is 5.73 Å². The molecule has 1 heterocycles. The molecule has 4 heteroatoms. The van der Waals surface area contributed by atoms with Crippen LogP contribution >= 0.6 is 0 Å². The zero-order valence-corrected chi connectivity index (χ0v) is 9.84. The zero-order chi connectivity index (χ0) is 12.1. The van der Waals surface area contributed by atoms with Crippen molar-refractivity contribution in [3.8, 4) is 0 Å². The van der Waals surface area contributed by atoms with Gasteiger partial charge in [0.15, 0.2) is 0 Å². The van der Waals surface area contributed by atoms with Crippen molar-refractivity contribution in [3.63, 3.8) is 0 Å². The monoisotopic (exact) mass is 234 g/mol. The van der Waals surface area contributed by atoms with Crippen LogP contribution in [0.15, 0.2) is 30.3 Å². The summed E-state index contributed by atoms with van der Waals surface area (Å²) in [6.07, 6.45) is 1.48. The molecule has 1 aliphatic rings. The highest BCUT2D eigenvalue weighted by Crippen LogP contribution is 2.19. The van der Waals surface area contributed by atoms with Gasteiger partial charge in [0.2, 0.25) is 0 Å². The summed E-state index contributed by atoms with van der Waals surface area (Å²) in [5.74, 6) is 0. The third kappa shape index (κ3) is 2.97. The molecule has 0 radical (unpaired) electrons. The van der Waals surface area contributed by atoms with Crippen LogP contribution in [0.3, 0.4) is 0 Å². The van der Waals surface area contributed by atoms with Crippen LogP contribution in [0, 0.1) is 0 Å². The van der Waals surface area contributed by atoms with Gasteiger partial charge in [0.1, 0.15) is 0 Å². The van der Waals surface area contributed by atoms with Crippen LogP contribution in [-0.4, -0.2) is 30.2 Å². The van der Waals surface area contributed by atoms with Crippen LogP contribution in [0.25, 0.3) is 0 Å². The Kier molecular flexibility index (Phi) is 3.98. The molecule has 0 bridgehead atoms. The lowest BCUT2D eigenvalue weighted by Crippen LogP contribution is -2.45. The Morgan fingerprint density at radius 1 is 1.35 bits per heavy atom. The van der Waals surface area contributed by atoms with Gasteiger partial charge in [0.05, 0.1) is 6.61 Å². The van der Waals surface area contributed by atoms with Gasteiger partial charge in [-0.05, 0) is 18.5 Å². The topological polar surface area (TPSA) is 55.6 Å². The molecular weight excluding hydrogens is 216 g/mol. The third-order valence-corrected chi connectivity index (χ3v) is 3.05. The summed E-state index contributed by atoms with van der Waals surface area (Å²) in [5.41, 5.74) is 6.70. The highest BCUT2D eigenvalue weighted by molar-refractivity contribution is 5.68. The molecule has 1 atom stereocenters. The van der Waals surface area contributed by atoms with Crippen molar-refractivity contribution in [2.24, 2.45) is 5.73 Å². The minimum atomic E-state index is -0.224. The molecule has 0 aliphatic carbocycles. The first kappa shape index (κ1) is 11.9. The lowest BCUT2D eigenvalue weighted by molar-refractivity contribution is 0.0388. The van der Waals surface area contributed by atoms with Crippen LogP contribution in [-0.2, 0) is 11.3 Å². The van der Waals surface area contributed by atoms with Gasteiger partial charge in [-0.3, -0.25) is 0 Å². The molecule has 2 N–H and O–H groups in total. The molecule has 1 amide bonds. The Morgan fingerprint density at radius 3 is 2.82 bits per heavy atom. The number of nitrogens with two attached hydrogens (primary N) is 1. The van der Waals surface area contributed by atoms with Crippen LogP contribution in [0.2, 0.25) is 0 Å². The molecule has 0 aromatic heterocycles. The van der Waals surface area contributed by atoms with E-state index in [4.69, 9.17) is 10.5 Å². The number of amides is 1. The van der Waals surface area contributed by atoms with Crippen LogP contribution in [0.5, 0.6) is 0 Å². The lowest BCUT2D eigenvalue weighted by Gasteiger charge is -2.34. The fourth-order valence-electron chi connectivity index (χ4n) is 2.14. The van der Waals surface area contributed by atoms with Crippen molar-refractivity contribution in [1.29, 1.82) is 0 Å². The van der Waals surface area contributed by atoms with Crippen LogP contribution in [0.4, 0.5) is 4.79 Å². The van der Waals surface area contributed by atoms with Gasteiger partial charge >= 0.3 is 6.09 Å². The minimum Gasteiger partial charge on any atom is -0.449 e. The number of ether oxygens (including phenoxy) is 1. The molecule has 17 heavy (non-hydrogen) atoms. The van der Waals surface area contributed by atoms with Gasteiger partial charge in [-0.1, -0.05) is 30.3 Å².